The molecular weight excluding hydrogens is 92.1 g/mol. The van der Waals surface area contributed by atoms with Crippen LogP contribution >= 0.6 is 0 Å². The Hall–Kier alpha value is -1.06. The fourth-order valence-corrected chi connectivity index (χ4v) is 0.124. The smallest absolute Gasteiger partial charge is 0.211 e. The van der Waals surface area contributed by atoms with Crippen molar-refractivity contribution in [3.63, 3.8) is 0 Å². The molecule has 0 aromatic rings. The van der Waals surface area contributed by atoms with E-state index in [2.05, 4.69) is 10.2 Å². The Morgan fingerprint density at radius 1 is 1.57 bits per heavy atom. The molecule has 0 radical (unpaired) electrons. The maximum Gasteiger partial charge on any atom is 0.211 e. The molecule has 4 heteroatoms. The van der Waals surface area contributed by atoms with Crippen molar-refractivity contribution in [2.24, 2.45) is 21.7 Å². The summed E-state index contributed by atoms with van der Waals surface area (Å²) in [5, 5.41) is 6.67. The van der Waals surface area contributed by atoms with Crippen LogP contribution in [-0.2, 0) is 0 Å². The second kappa shape index (κ2) is 3.14. The van der Waals surface area contributed by atoms with Crippen LogP contribution in [0.5, 0.6) is 0 Å². The lowest BCUT2D eigenvalue weighted by molar-refractivity contribution is 1.21. The molecule has 4 nitrogen and oxygen atoms in total. The zero-order valence-electron chi connectivity index (χ0n) is 4.13. The van der Waals surface area contributed by atoms with Crippen LogP contribution in [0.4, 0.5) is 0 Å². The second-order valence-electron chi connectivity index (χ2n) is 0.899. The van der Waals surface area contributed by atoms with Gasteiger partial charge in [-0.2, -0.15) is 5.10 Å². The highest BCUT2D eigenvalue weighted by atomic mass is 15.3. The van der Waals surface area contributed by atoms with E-state index in [1.807, 2.05) is 0 Å². The van der Waals surface area contributed by atoms with Crippen LogP contribution in [0.2, 0.25) is 0 Å². The fraction of sp³-hybridized carbons (Fsp3) is 0.333. The van der Waals surface area contributed by atoms with Crippen LogP contribution in [0.3, 0.4) is 0 Å². The molecular formula is C3H8N4. The monoisotopic (exact) mass is 100 g/mol. The maximum absolute atomic E-state index is 4.89. The predicted octanol–water partition coefficient (Wildman–Crippen LogP) is -0.734. The van der Waals surface area contributed by atoms with Gasteiger partial charge in [-0.3, -0.25) is 0 Å². The Labute approximate surface area is 41.9 Å². The first-order valence-electron chi connectivity index (χ1n) is 1.84. The summed E-state index contributed by atoms with van der Waals surface area (Å²) in [4.78, 5) is 0. The summed E-state index contributed by atoms with van der Waals surface area (Å²) in [6.45, 7) is 1.73. The number of nitrogens with zero attached hydrogens (tertiary/aromatic N) is 2. The third-order valence-corrected chi connectivity index (χ3v) is 0.289. The lowest BCUT2D eigenvalue weighted by Crippen LogP contribution is -2.21. The third-order valence-electron chi connectivity index (χ3n) is 0.289. The molecule has 0 aromatic carbocycles. The van der Waals surface area contributed by atoms with Crippen molar-refractivity contribution < 1.29 is 0 Å². The topological polar surface area (TPSA) is 76.8 Å². The van der Waals surface area contributed by atoms with E-state index in [0.717, 1.165) is 0 Å². The first kappa shape index (κ1) is 5.94. The summed E-state index contributed by atoms with van der Waals surface area (Å²) >= 11 is 0. The lowest BCUT2D eigenvalue weighted by Gasteiger charge is -1.79. The van der Waals surface area contributed by atoms with Crippen LogP contribution in [0, 0.1) is 0 Å². The van der Waals surface area contributed by atoms with Gasteiger partial charge in [0.1, 0.15) is 0 Å². The fourth-order valence-electron chi connectivity index (χ4n) is 0.124. The van der Waals surface area contributed by atoms with Crippen molar-refractivity contribution in [2.75, 3.05) is 0 Å². The van der Waals surface area contributed by atoms with Crippen molar-refractivity contribution in [1.82, 2.24) is 0 Å². The molecule has 0 aliphatic heterocycles. The van der Waals surface area contributed by atoms with E-state index in [4.69, 9.17) is 11.5 Å². The number of guanidine groups is 1. The zero-order chi connectivity index (χ0) is 5.70. The minimum atomic E-state index is -0.0156. The van der Waals surface area contributed by atoms with E-state index in [-0.39, 0.29) is 5.96 Å². The molecule has 0 saturated heterocycles. The minimum absolute atomic E-state index is 0.0156. The highest BCUT2D eigenvalue weighted by Crippen LogP contribution is 1.61. The van der Waals surface area contributed by atoms with Gasteiger partial charge in [-0.05, 0) is 6.92 Å². The van der Waals surface area contributed by atoms with Gasteiger partial charge in [0.2, 0.25) is 5.96 Å². The van der Waals surface area contributed by atoms with Crippen molar-refractivity contribution in [3.8, 4) is 0 Å². The Morgan fingerprint density at radius 3 is 2.29 bits per heavy atom. The molecule has 0 amide bonds. The minimum Gasteiger partial charge on any atom is -0.369 e. The van der Waals surface area contributed by atoms with Crippen LogP contribution in [-0.4, -0.2) is 12.2 Å². The first-order valence-corrected chi connectivity index (χ1v) is 1.84. The molecule has 0 fully saturated rings. The third kappa shape index (κ3) is 4.94. The molecule has 0 spiro atoms. The van der Waals surface area contributed by atoms with E-state index >= 15 is 0 Å². The van der Waals surface area contributed by atoms with Crippen molar-refractivity contribution in [2.45, 2.75) is 6.92 Å². The molecule has 0 aromatic heterocycles. The summed E-state index contributed by atoms with van der Waals surface area (Å²) in [6, 6.07) is 0. The van der Waals surface area contributed by atoms with Gasteiger partial charge >= 0.3 is 0 Å². The Bertz CT molecular complexity index is 89.1. The molecule has 0 aliphatic carbocycles. The number of nitrogens with two attached hydrogens (primary N) is 2. The van der Waals surface area contributed by atoms with Crippen LogP contribution < -0.4 is 11.5 Å². The summed E-state index contributed by atoms with van der Waals surface area (Å²) in [5.41, 5.74) is 9.78. The quantitative estimate of drug-likeness (QED) is 0.259. The summed E-state index contributed by atoms with van der Waals surface area (Å²) in [5.74, 6) is -0.0156. The SMILES string of the molecule is C/C=N/N=C(N)N. The molecule has 0 atom stereocenters. The second-order valence-corrected chi connectivity index (χ2v) is 0.899. The van der Waals surface area contributed by atoms with E-state index in [1.54, 1.807) is 6.92 Å². The van der Waals surface area contributed by atoms with E-state index in [9.17, 15) is 0 Å². The van der Waals surface area contributed by atoms with Crippen LogP contribution in [0.25, 0.3) is 0 Å². The van der Waals surface area contributed by atoms with Gasteiger partial charge in [-0.1, -0.05) is 0 Å². The van der Waals surface area contributed by atoms with Gasteiger partial charge in [0, 0.05) is 6.21 Å². The lowest BCUT2D eigenvalue weighted by atomic mass is 10.9. The van der Waals surface area contributed by atoms with Crippen LogP contribution in [0.1, 0.15) is 6.92 Å². The summed E-state index contributed by atoms with van der Waals surface area (Å²) < 4.78 is 0. The Kier molecular flexibility index (Phi) is 2.67. The molecule has 40 valence electrons. The predicted molar refractivity (Wildman–Crippen MR) is 30.0 cm³/mol. The number of rotatable bonds is 1. The molecule has 0 aliphatic rings. The molecule has 0 saturated carbocycles. The molecule has 0 rings (SSSR count). The molecule has 0 unspecified atom stereocenters. The molecule has 0 bridgehead atoms. The number of hydrogen-bond acceptors (Lipinski definition) is 2. The van der Waals surface area contributed by atoms with Gasteiger partial charge in [0.25, 0.3) is 0 Å². The highest BCUT2D eigenvalue weighted by molar-refractivity contribution is 5.76. The van der Waals surface area contributed by atoms with E-state index in [1.165, 1.54) is 6.21 Å². The summed E-state index contributed by atoms with van der Waals surface area (Å²) in [6.07, 6.45) is 1.50. The van der Waals surface area contributed by atoms with Crippen molar-refractivity contribution in [1.29, 1.82) is 0 Å². The van der Waals surface area contributed by atoms with Gasteiger partial charge in [-0.25, -0.2) is 0 Å². The zero-order valence-corrected chi connectivity index (χ0v) is 4.13. The van der Waals surface area contributed by atoms with Gasteiger partial charge in [0.15, 0.2) is 0 Å². The van der Waals surface area contributed by atoms with Crippen LogP contribution in [0.15, 0.2) is 10.2 Å². The number of hydrogen-bond donors (Lipinski definition) is 2. The Balaban J connectivity index is 3.46. The standard InChI is InChI=1S/C3H8N4/c1-2-6-7-3(4)5/h2H,1H3,(H4,4,5,7)/b6-2+. The van der Waals surface area contributed by atoms with Gasteiger partial charge in [-0.15, -0.1) is 5.10 Å². The normalized spacial score (nSPS) is 9.29. The average molecular weight is 100 g/mol. The maximum atomic E-state index is 4.89. The van der Waals surface area contributed by atoms with Gasteiger partial charge < -0.3 is 11.5 Å². The van der Waals surface area contributed by atoms with E-state index < -0.39 is 0 Å². The van der Waals surface area contributed by atoms with Gasteiger partial charge in [0.05, 0.1) is 0 Å². The largest absolute Gasteiger partial charge is 0.369 e. The van der Waals surface area contributed by atoms with Crippen molar-refractivity contribution in [3.05, 3.63) is 0 Å². The first-order chi connectivity index (χ1) is 3.27. The molecule has 7 heavy (non-hydrogen) atoms. The summed E-state index contributed by atoms with van der Waals surface area (Å²) in [7, 11) is 0. The Morgan fingerprint density at radius 2 is 2.14 bits per heavy atom. The molecule has 4 N–H and O–H groups in total. The molecule has 0 heterocycles. The van der Waals surface area contributed by atoms with Crippen molar-refractivity contribution >= 4 is 12.2 Å². The highest BCUT2D eigenvalue weighted by Gasteiger charge is 1.67. The van der Waals surface area contributed by atoms with E-state index in [0.29, 0.717) is 0 Å². The average Bonchev–Trinajstić information content (AvgIpc) is 1.61.